The molecule has 0 saturated heterocycles. The lowest BCUT2D eigenvalue weighted by atomic mass is 10.3. The summed E-state index contributed by atoms with van der Waals surface area (Å²) in [6.45, 7) is 0. The van der Waals surface area contributed by atoms with Gasteiger partial charge in [-0.25, -0.2) is 4.98 Å². The van der Waals surface area contributed by atoms with Crippen LogP contribution in [0.4, 0.5) is 0 Å². The quantitative estimate of drug-likeness (QED) is 0.689. The molecule has 1 aliphatic rings. The lowest BCUT2D eigenvalue weighted by Crippen LogP contribution is -1.96. The highest BCUT2D eigenvalue weighted by atomic mass is 32.1. The van der Waals surface area contributed by atoms with E-state index >= 15 is 0 Å². The highest BCUT2D eigenvalue weighted by Crippen LogP contribution is 2.40. The molecule has 2 rings (SSSR count). The van der Waals surface area contributed by atoms with Crippen LogP contribution in [0.25, 0.3) is 0 Å². The third-order valence-electron chi connectivity index (χ3n) is 2.00. The molecular weight excluding hydrogens is 184 g/mol. The Morgan fingerprint density at radius 2 is 2.54 bits per heavy atom. The first-order chi connectivity index (χ1) is 6.31. The van der Waals surface area contributed by atoms with E-state index < -0.39 is 0 Å². The van der Waals surface area contributed by atoms with Crippen molar-refractivity contribution in [3.63, 3.8) is 0 Å². The van der Waals surface area contributed by atoms with E-state index in [0.29, 0.717) is 10.9 Å². The molecule has 0 unspecified atom stereocenters. The third-order valence-corrected chi connectivity index (χ3v) is 2.90. The maximum atomic E-state index is 11.2. The fraction of sp³-hybridized carbons (Fsp3) is 0.444. The Morgan fingerprint density at radius 1 is 1.77 bits per heavy atom. The number of hydrogen-bond acceptors (Lipinski definition) is 4. The fourth-order valence-corrected chi connectivity index (χ4v) is 1.97. The van der Waals surface area contributed by atoms with E-state index in [1.165, 1.54) is 24.2 Å². The monoisotopic (exact) mass is 192 g/mol. The Morgan fingerprint density at radius 3 is 3.15 bits per heavy atom. The highest BCUT2D eigenvalue weighted by molar-refractivity contribution is 7.11. The van der Waals surface area contributed by atoms with Crippen molar-refractivity contribution in [1.29, 1.82) is 5.26 Å². The molecule has 1 saturated carbocycles. The molecule has 0 N–H and O–H groups in total. The largest absolute Gasteiger partial charge is 0.290 e. The van der Waals surface area contributed by atoms with Crippen LogP contribution in [-0.4, -0.2) is 10.8 Å². The summed E-state index contributed by atoms with van der Waals surface area (Å²) in [6, 6.07) is 1.84. The minimum Gasteiger partial charge on any atom is -0.290 e. The maximum absolute atomic E-state index is 11.2. The molecule has 13 heavy (non-hydrogen) atoms. The Balaban J connectivity index is 2.13. The van der Waals surface area contributed by atoms with E-state index in [-0.39, 0.29) is 12.2 Å². The Hall–Kier alpha value is -1.21. The molecule has 0 spiro atoms. The molecule has 0 bridgehead atoms. The molecule has 0 atom stereocenters. The maximum Gasteiger partial charge on any atom is 0.205 e. The Kier molecular flexibility index (Phi) is 2.11. The van der Waals surface area contributed by atoms with Gasteiger partial charge in [0.25, 0.3) is 0 Å². The number of rotatable bonds is 3. The number of thiazole rings is 1. The van der Waals surface area contributed by atoms with Crippen LogP contribution in [0.1, 0.15) is 40.7 Å². The molecule has 1 aromatic rings. The summed E-state index contributed by atoms with van der Waals surface area (Å²) in [5, 5.41) is 10.8. The second kappa shape index (κ2) is 3.27. The van der Waals surface area contributed by atoms with Crippen LogP contribution < -0.4 is 0 Å². The second-order valence-corrected chi connectivity index (χ2v) is 3.97. The Labute approximate surface area is 80.0 Å². The number of ketones is 1. The van der Waals surface area contributed by atoms with Crippen LogP contribution in [0.2, 0.25) is 0 Å². The van der Waals surface area contributed by atoms with Crippen molar-refractivity contribution in [2.24, 2.45) is 0 Å². The molecule has 3 nitrogen and oxygen atoms in total. The summed E-state index contributed by atoms with van der Waals surface area (Å²) in [7, 11) is 0. The van der Waals surface area contributed by atoms with Crippen molar-refractivity contribution < 1.29 is 4.79 Å². The van der Waals surface area contributed by atoms with Crippen LogP contribution in [0.15, 0.2) is 5.38 Å². The molecule has 1 fully saturated rings. The van der Waals surface area contributed by atoms with Crippen molar-refractivity contribution in [2.75, 3.05) is 0 Å². The zero-order chi connectivity index (χ0) is 9.26. The summed E-state index contributed by atoms with van der Waals surface area (Å²) in [5.41, 5.74) is 1.03. The molecule has 0 radical (unpaired) electrons. The van der Waals surface area contributed by atoms with E-state index in [0.717, 1.165) is 5.69 Å². The summed E-state index contributed by atoms with van der Waals surface area (Å²) in [6.07, 6.45) is 2.32. The second-order valence-electron chi connectivity index (χ2n) is 3.11. The molecule has 4 heteroatoms. The van der Waals surface area contributed by atoms with E-state index in [2.05, 4.69) is 4.98 Å². The smallest absolute Gasteiger partial charge is 0.205 e. The van der Waals surface area contributed by atoms with E-state index in [9.17, 15) is 4.79 Å². The number of aromatic nitrogens is 1. The number of hydrogen-bond donors (Lipinski definition) is 0. The van der Waals surface area contributed by atoms with Crippen LogP contribution in [0, 0.1) is 11.3 Å². The highest BCUT2D eigenvalue weighted by Gasteiger charge is 2.26. The summed E-state index contributed by atoms with van der Waals surface area (Å²) in [5.74, 6) is 0.430. The lowest BCUT2D eigenvalue weighted by Gasteiger charge is -1.87. The first-order valence-corrected chi connectivity index (χ1v) is 5.05. The van der Waals surface area contributed by atoms with Gasteiger partial charge in [0.15, 0.2) is 5.01 Å². The summed E-state index contributed by atoms with van der Waals surface area (Å²) >= 11 is 1.35. The minimum absolute atomic E-state index is 0.0579. The molecule has 1 heterocycles. The van der Waals surface area contributed by atoms with Gasteiger partial charge in [-0.1, -0.05) is 0 Å². The average Bonchev–Trinajstić information content (AvgIpc) is 2.84. The van der Waals surface area contributed by atoms with E-state index in [1.807, 2.05) is 11.4 Å². The molecule has 0 aromatic carbocycles. The third kappa shape index (κ3) is 1.76. The van der Waals surface area contributed by atoms with Gasteiger partial charge in [0.1, 0.15) is 6.42 Å². The van der Waals surface area contributed by atoms with Gasteiger partial charge in [-0.15, -0.1) is 11.3 Å². The first-order valence-electron chi connectivity index (χ1n) is 4.17. The zero-order valence-electron chi connectivity index (χ0n) is 6.99. The molecule has 0 amide bonds. The first kappa shape index (κ1) is 8.39. The van der Waals surface area contributed by atoms with E-state index in [4.69, 9.17) is 5.26 Å². The van der Waals surface area contributed by atoms with Crippen molar-refractivity contribution in [3.05, 3.63) is 16.1 Å². The van der Waals surface area contributed by atoms with E-state index in [1.54, 1.807) is 0 Å². The summed E-state index contributed by atoms with van der Waals surface area (Å²) in [4.78, 5) is 15.4. The van der Waals surface area contributed by atoms with Crippen LogP contribution in [-0.2, 0) is 0 Å². The Bertz CT molecular complexity index is 373. The van der Waals surface area contributed by atoms with Gasteiger partial charge >= 0.3 is 0 Å². The van der Waals surface area contributed by atoms with Crippen molar-refractivity contribution in [1.82, 2.24) is 4.98 Å². The van der Waals surface area contributed by atoms with Crippen LogP contribution >= 0.6 is 11.3 Å². The predicted molar refractivity (Wildman–Crippen MR) is 48.6 cm³/mol. The van der Waals surface area contributed by atoms with Gasteiger partial charge in [0, 0.05) is 11.3 Å². The minimum atomic E-state index is -0.153. The lowest BCUT2D eigenvalue weighted by molar-refractivity contribution is 0.0997. The molecule has 1 aliphatic carbocycles. The zero-order valence-corrected chi connectivity index (χ0v) is 7.80. The number of nitrogens with zero attached hydrogens (tertiary/aromatic N) is 2. The molecule has 66 valence electrons. The fourth-order valence-electron chi connectivity index (χ4n) is 1.13. The molecule has 0 aliphatic heterocycles. The van der Waals surface area contributed by atoms with Crippen molar-refractivity contribution >= 4 is 17.1 Å². The average molecular weight is 192 g/mol. The van der Waals surface area contributed by atoms with Crippen molar-refractivity contribution in [3.8, 4) is 6.07 Å². The van der Waals surface area contributed by atoms with Gasteiger partial charge in [-0.05, 0) is 12.8 Å². The van der Waals surface area contributed by atoms with Crippen molar-refractivity contribution in [2.45, 2.75) is 25.2 Å². The SMILES string of the molecule is N#CCC(=O)c1nc(C2CC2)cs1. The number of carbonyl (C=O) groups is 1. The standard InChI is InChI=1S/C9H8N2OS/c10-4-3-8(12)9-11-7(5-13-9)6-1-2-6/h5-6H,1-3H2. The van der Waals surface area contributed by atoms with Gasteiger partial charge in [0.05, 0.1) is 11.8 Å². The number of carbonyl (C=O) groups excluding carboxylic acids is 1. The topological polar surface area (TPSA) is 53.8 Å². The van der Waals surface area contributed by atoms with Crippen LogP contribution in [0.5, 0.6) is 0 Å². The predicted octanol–water partition coefficient (Wildman–Crippen LogP) is 2.12. The molecule has 1 aromatic heterocycles. The normalized spacial score (nSPS) is 15.3. The number of Topliss-reactive ketones (excluding diaryl/α,β-unsaturated/α-hetero) is 1. The van der Waals surface area contributed by atoms with Gasteiger partial charge in [-0.2, -0.15) is 5.26 Å². The van der Waals surface area contributed by atoms with Gasteiger partial charge in [-0.3, -0.25) is 4.79 Å². The summed E-state index contributed by atoms with van der Waals surface area (Å²) < 4.78 is 0. The number of nitriles is 1. The van der Waals surface area contributed by atoms with Crippen LogP contribution in [0.3, 0.4) is 0 Å². The molecular formula is C9H8N2OS. The van der Waals surface area contributed by atoms with Gasteiger partial charge in [0.2, 0.25) is 5.78 Å². The van der Waals surface area contributed by atoms with Gasteiger partial charge < -0.3 is 0 Å².